The molecule has 0 radical (unpaired) electrons. The molecule has 1 aromatic carbocycles. The van der Waals surface area contributed by atoms with Crippen molar-refractivity contribution in [3.8, 4) is 5.75 Å². The van der Waals surface area contributed by atoms with Crippen LogP contribution in [0.5, 0.6) is 5.75 Å². The fraction of sp³-hybridized carbons (Fsp3) is 0.429. The maximum Gasteiger partial charge on any atom is 0.371 e. The molecule has 1 unspecified atom stereocenters. The van der Waals surface area contributed by atoms with Crippen LogP contribution in [-0.4, -0.2) is 35.0 Å². The summed E-state index contributed by atoms with van der Waals surface area (Å²) >= 11 is 0. The monoisotopic (exact) mass is 479 g/mol. The van der Waals surface area contributed by atoms with Crippen molar-refractivity contribution in [3.63, 3.8) is 0 Å². The topological polar surface area (TPSA) is 90.9 Å². The third-order valence-corrected chi connectivity index (χ3v) is 6.59. The maximum atomic E-state index is 12.3. The highest BCUT2D eigenvalue weighted by molar-refractivity contribution is 5.84. The van der Waals surface area contributed by atoms with Crippen molar-refractivity contribution < 1.29 is 23.8 Å². The molecule has 0 spiro atoms. The van der Waals surface area contributed by atoms with Gasteiger partial charge in [-0.3, -0.25) is 4.79 Å². The third kappa shape index (κ3) is 7.33. The highest BCUT2D eigenvalue weighted by Gasteiger charge is 2.17. The van der Waals surface area contributed by atoms with Crippen LogP contribution in [0.1, 0.15) is 66.1 Å². The molecule has 7 nitrogen and oxygen atoms in total. The fourth-order valence-corrected chi connectivity index (χ4v) is 4.69. The molecular weight excluding hydrogens is 446 g/mol. The number of benzene rings is 1. The first-order valence-electron chi connectivity index (χ1n) is 12.4. The summed E-state index contributed by atoms with van der Waals surface area (Å²) in [5, 5.41) is 8.18. The number of carboxylic acid groups (broad SMARTS) is 1. The molecule has 2 aliphatic rings. The van der Waals surface area contributed by atoms with Crippen LogP contribution in [-0.2, 0) is 17.7 Å². The zero-order chi connectivity index (χ0) is 24.5. The van der Waals surface area contributed by atoms with Crippen molar-refractivity contribution in [3.05, 3.63) is 88.2 Å². The molecule has 5 rings (SSSR count). The average Bonchev–Trinajstić information content (AvgIpc) is 3.65. The molecule has 0 amide bonds. The van der Waals surface area contributed by atoms with Gasteiger partial charge in [0.05, 0.1) is 18.9 Å². The van der Waals surface area contributed by atoms with Crippen molar-refractivity contribution in [2.75, 3.05) is 13.2 Å². The Morgan fingerprint density at radius 1 is 1.06 bits per heavy atom. The predicted molar refractivity (Wildman–Crippen MR) is 132 cm³/mol. The van der Waals surface area contributed by atoms with Gasteiger partial charge in [0.15, 0.2) is 0 Å². The van der Waals surface area contributed by atoms with Gasteiger partial charge in [-0.25, -0.2) is 4.79 Å². The van der Waals surface area contributed by atoms with Crippen molar-refractivity contribution >= 4 is 5.97 Å². The minimum Gasteiger partial charge on any atom is -0.492 e. The van der Waals surface area contributed by atoms with Crippen molar-refractivity contribution in [2.45, 2.75) is 63.5 Å². The SMILES string of the molecule is O=C(O)c1ccco1.O=c1cc(CC2CCCO2)ccn1CCOc1ccc(C2CCCC2)cc1. The van der Waals surface area contributed by atoms with Gasteiger partial charge in [0.2, 0.25) is 5.76 Å². The minimum atomic E-state index is -1.03. The number of nitrogens with zero attached hydrogens (tertiary/aromatic N) is 1. The van der Waals surface area contributed by atoms with Crippen LogP contribution < -0.4 is 10.3 Å². The van der Waals surface area contributed by atoms with Gasteiger partial charge in [-0.2, -0.15) is 0 Å². The normalized spacial score (nSPS) is 17.7. The lowest BCUT2D eigenvalue weighted by molar-refractivity contribution is 0.0662. The summed E-state index contributed by atoms with van der Waals surface area (Å²) < 4.78 is 17.7. The molecule has 1 aliphatic heterocycles. The average molecular weight is 480 g/mol. The lowest BCUT2D eigenvalue weighted by Crippen LogP contribution is -2.23. The maximum absolute atomic E-state index is 12.3. The van der Waals surface area contributed by atoms with Gasteiger partial charge in [-0.1, -0.05) is 25.0 Å². The quantitative estimate of drug-likeness (QED) is 0.472. The van der Waals surface area contributed by atoms with Crippen molar-refractivity contribution in [1.29, 1.82) is 0 Å². The number of carbonyl (C=O) groups is 1. The highest BCUT2D eigenvalue weighted by Crippen LogP contribution is 2.34. The molecule has 1 saturated heterocycles. The first-order chi connectivity index (χ1) is 17.1. The summed E-state index contributed by atoms with van der Waals surface area (Å²) in [6.45, 7) is 1.90. The van der Waals surface area contributed by atoms with Gasteiger partial charge >= 0.3 is 5.97 Å². The van der Waals surface area contributed by atoms with Gasteiger partial charge in [-0.05, 0) is 79.5 Å². The summed E-state index contributed by atoms with van der Waals surface area (Å²) in [5.41, 5.74) is 2.52. The van der Waals surface area contributed by atoms with Gasteiger partial charge in [-0.15, -0.1) is 0 Å². The molecule has 1 atom stereocenters. The molecule has 0 bridgehead atoms. The fourth-order valence-electron chi connectivity index (χ4n) is 4.69. The number of rotatable bonds is 8. The van der Waals surface area contributed by atoms with Gasteiger partial charge < -0.3 is 23.6 Å². The number of pyridine rings is 1. The van der Waals surface area contributed by atoms with E-state index < -0.39 is 5.97 Å². The molecule has 3 aromatic rings. The Morgan fingerprint density at radius 2 is 1.86 bits per heavy atom. The Bertz CT molecular complexity index is 1110. The molecule has 7 heteroatoms. The number of hydrogen-bond acceptors (Lipinski definition) is 5. The zero-order valence-corrected chi connectivity index (χ0v) is 19.9. The van der Waals surface area contributed by atoms with E-state index in [1.54, 1.807) is 10.6 Å². The summed E-state index contributed by atoms with van der Waals surface area (Å²) in [7, 11) is 0. The molecule has 1 aliphatic carbocycles. The van der Waals surface area contributed by atoms with E-state index in [1.807, 2.05) is 12.3 Å². The largest absolute Gasteiger partial charge is 0.492 e. The molecule has 1 saturated carbocycles. The number of furan rings is 1. The van der Waals surface area contributed by atoms with E-state index in [4.69, 9.17) is 14.6 Å². The molecule has 2 fully saturated rings. The zero-order valence-electron chi connectivity index (χ0n) is 19.9. The molecule has 1 N–H and O–H groups in total. The number of aromatic nitrogens is 1. The Hall–Kier alpha value is -3.32. The third-order valence-electron chi connectivity index (χ3n) is 6.59. The number of ether oxygens (including phenoxy) is 2. The molecule has 35 heavy (non-hydrogen) atoms. The lowest BCUT2D eigenvalue weighted by atomic mass is 9.98. The summed E-state index contributed by atoms with van der Waals surface area (Å²) in [6.07, 6.45) is 11.8. The second kappa shape index (κ2) is 12.4. The number of carboxylic acids is 1. The Kier molecular flexibility index (Phi) is 8.79. The number of hydrogen-bond donors (Lipinski definition) is 1. The van der Waals surface area contributed by atoms with Gasteiger partial charge in [0, 0.05) is 18.9 Å². The van der Waals surface area contributed by atoms with E-state index in [2.05, 4.69) is 28.7 Å². The van der Waals surface area contributed by atoms with Crippen LogP contribution in [0.3, 0.4) is 0 Å². The van der Waals surface area contributed by atoms with Crippen LogP contribution in [0, 0.1) is 0 Å². The molecule has 186 valence electrons. The van der Waals surface area contributed by atoms with Crippen molar-refractivity contribution in [1.82, 2.24) is 4.57 Å². The smallest absolute Gasteiger partial charge is 0.371 e. The Labute approximate surface area is 205 Å². The Morgan fingerprint density at radius 3 is 2.46 bits per heavy atom. The molecular formula is C28H33NO6. The van der Waals surface area contributed by atoms with E-state index >= 15 is 0 Å². The van der Waals surface area contributed by atoms with E-state index in [0.717, 1.165) is 43.1 Å². The lowest BCUT2D eigenvalue weighted by Gasteiger charge is -2.12. The summed E-state index contributed by atoms with van der Waals surface area (Å²) in [5.74, 6) is 0.547. The van der Waals surface area contributed by atoms with Crippen LogP contribution in [0.2, 0.25) is 0 Å². The predicted octanol–water partition coefficient (Wildman–Crippen LogP) is 5.28. The van der Waals surface area contributed by atoms with Crippen LogP contribution in [0.25, 0.3) is 0 Å². The van der Waals surface area contributed by atoms with Crippen molar-refractivity contribution in [2.24, 2.45) is 0 Å². The van der Waals surface area contributed by atoms with Crippen LogP contribution >= 0.6 is 0 Å². The second-order valence-electron chi connectivity index (χ2n) is 9.09. The first kappa shape index (κ1) is 24.8. The van der Waals surface area contributed by atoms with Gasteiger partial charge in [0.1, 0.15) is 12.4 Å². The highest BCUT2D eigenvalue weighted by atomic mass is 16.5. The Balaban J connectivity index is 0.000000308. The number of aromatic carboxylic acids is 1. The second-order valence-corrected chi connectivity index (χ2v) is 9.09. The van der Waals surface area contributed by atoms with E-state index in [9.17, 15) is 9.59 Å². The van der Waals surface area contributed by atoms with E-state index in [1.165, 1.54) is 49.6 Å². The summed E-state index contributed by atoms with van der Waals surface area (Å²) in [4.78, 5) is 22.3. The molecule has 2 aromatic heterocycles. The molecule has 3 heterocycles. The minimum absolute atomic E-state index is 0.0231. The first-order valence-corrected chi connectivity index (χ1v) is 12.4. The standard InChI is InChI=1S/C23H29NO3.C5H4O3/c25-23-17-18(16-22-6-3-14-26-22)11-12-24(23)13-15-27-21-9-7-20(8-10-21)19-4-1-2-5-19;6-5(7)4-2-1-3-8-4/h7-12,17,19,22H,1-6,13-16H2;1-3H,(H,6,7). The summed E-state index contributed by atoms with van der Waals surface area (Å²) in [6, 6.07) is 15.2. The van der Waals surface area contributed by atoms with Crippen LogP contribution in [0.15, 0.2) is 70.2 Å². The van der Waals surface area contributed by atoms with E-state index in [-0.39, 0.29) is 17.4 Å². The van der Waals surface area contributed by atoms with E-state index in [0.29, 0.717) is 13.2 Å². The van der Waals surface area contributed by atoms with Gasteiger partial charge in [0.25, 0.3) is 5.56 Å². The van der Waals surface area contributed by atoms with Crippen LogP contribution in [0.4, 0.5) is 0 Å².